The lowest BCUT2D eigenvalue weighted by atomic mass is 9.97. The molecular weight excluding hydrogens is 211 g/mol. The van der Waals surface area contributed by atoms with Gasteiger partial charge in [-0.05, 0) is 23.3 Å². The number of aliphatic hydroxyl groups is 2. The fraction of sp³-hybridized carbons (Fsp3) is 0.273. The molecule has 0 radical (unpaired) electrons. The van der Waals surface area contributed by atoms with Crippen LogP contribution in [-0.2, 0) is 6.42 Å². The molecule has 2 unspecified atom stereocenters. The van der Waals surface area contributed by atoms with Crippen LogP contribution in [0.3, 0.4) is 0 Å². The lowest BCUT2D eigenvalue weighted by Gasteiger charge is -2.15. The zero-order valence-electron chi connectivity index (χ0n) is 8.26. The highest BCUT2D eigenvalue weighted by molar-refractivity contribution is 5.33. The van der Waals surface area contributed by atoms with Crippen LogP contribution in [0.5, 0.6) is 0 Å². The van der Waals surface area contributed by atoms with E-state index in [0.29, 0.717) is 5.56 Å². The minimum atomic E-state index is -1.64. The predicted molar refractivity (Wildman–Crippen MR) is 52.3 cm³/mol. The molecular formula is C11H9FN2O2. The van der Waals surface area contributed by atoms with Gasteiger partial charge in [0.05, 0.1) is 18.6 Å². The van der Waals surface area contributed by atoms with Crippen molar-refractivity contribution in [3.05, 3.63) is 35.1 Å². The van der Waals surface area contributed by atoms with Crippen molar-refractivity contribution in [1.29, 1.82) is 10.5 Å². The van der Waals surface area contributed by atoms with Crippen molar-refractivity contribution >= 4 is 0 Å². The van der Waals surface area contributed by atoms with Crippen LogP contribution in [0.1, 0.15) is 17.2 Å². The number of nitrogens with zero attached hydrogens (tertiary/aromatic N) is 2. The molecule has 0 aliphatic carbocycles. The molecule has 1 aromatic rings. The van der Waals surface area contributed by atoms with Gasteiger partial charge >= 0.3 is 0 Å². The largest absolute Gasteiger partial charge is 0.385 e. The summed E-state index contributed by atoms with van der Waals surface area (Å²) in [4.78, 5) is 0. The number of aliphatic hydroxyl groups excluding tert-OH is 2. The van der Waals surface area contributed by atoms with Crippen molar-refractivity contribution in [2.75, 3.05) is 0 Å². The van der Waals surface area contributed by atoms with Crippen LogP contribution in [0, 0.1) is 28.5 Å². The van der Waals surface area contributed by atoms with Crippen molar-refractivity contribution in [2.24, 2.45) is 0 Å². The first-order valence-corrected chi connectivity index (χ1v) is 4.51. The summed E-state index contributed by atoms with van der Waals surface area (Å²) in [6, 6.07) is 6.82. The first-order valence-electron chi connectivity index (χ1n) is 4.51. The molecule has 2 atom stereocenters. The zero-order chi connectivity index (χ0) is 12.1. The van der Waals surface area contributed by atoms with E-state index in [1.807, 2.05) is 6.07 Å². The van der Waals surface area contributed by atoms with Gasteiger partial charge in [0.25, 0.3) is 0 Å². The third-order valence-corrected chi connectivity index (χ3v) is 2.13. The standard InChI is InChI=1S/C11H9FN2O2/c12-8-2-1-7(3-4-13)9(5-8)11(16)10(15)6-14/h1-2,5,10-11,15-16H,3H2. The maximum atomic E-state index is 13.0. The third kappa shape index (κ3) is 2.54. The highest BCUT2D eigenvalue weighted by atomic mass is 19.1. The van der Waals surface area contributed by atoms with Crippen molar-refractivity contribution in [3.63, 3.8) is 0 Å². The fourth-order valence-corrected chi connectivity index (χ4v) is 1.33. The highest BCUT2D eigenvalue weighted by Gasteiger charge is 2.21. The third-order valence-electron chi connectivity index (χ3n) is 2.13. The number of benzene rings is 1. The summed E-state index contributed by atoms with van der Waals surface area (Å²) in [7, 11) is 0. The van der Waals surface area contributed by atoms with Gasteiger partial charge in [-0.15, -0.1) is 0 Å². The van der Waals surface area contributed by atoms with Crippen molar-refractivity contribution in [3.8, 4) is 12.1 Å². The second-order valence-corrected chi connectivity index (χ2v) is 3.20. The Bertz CT molecular complexity index is 462. The van der Waals surface area contributed by atoms with Crippen molar-refractivity contribution in [2.45, 2.75) is 18.6 Å². The average Bonchev–Trinajstić information content (AvgIpc) is 2.29. The van der Waals surface area contributed by atoms with Crippen LogP contribution in [0.2, 0.25) is 0 Å². The summed E-state index contributed by atoms with van der Waals surface area (Å²) < 4.78 is 13.0. The van der Waals surface area contributed by atoms with Crippen LogP contribution >= 0.6 is 0 Å². The topological polar surface area (TPSA) is 88.0 Å². The molecule has 0 aliphatic heterocycles. The molecule has 5 heteroatoms. The van der Waals surface area contributed by atoms with E-state index in [1.165, 1.54) is 12.1 Å². The van der Waals surface area contributed by atoms with Gasteiger partial charge in [0, 0.05) is 0 Å². The Morgan fingerprint density at radius 3 is 2.56 bits per heavy atom. The van der Waals surface area contributed by atoms with Gasteiger partial charge < -0.3 is 10.2 Å². The van der Waals surface area contributed by atoms with Gasteiger partial charge in [-0.25, -0.2) is 4.39 Å². The summed E-state index contributed by atoms with van der Waals surface area (Å²) in [6.07, 6.45) is -3.17. The predicted octanol–water partition coefficient (Wildman–Crippen LogP) is 0.810. The number of rotatable bonds is 3. The van der Waals surface area contributed by atoms with Gasteiger partial charge in [-0.2, -0.15) is 10.5 Å². The average molecular weight is 220 g/mol. The van der Waals surface area contributed by atoms with Crippen LogP contribution in [-0.4, -0.2) is 16.3 Å². The van der Waals surface area contributed by atoms with E-state index in [4.69, 9.17) is 15.6 Å². The van der Waals surface area contributed by atoms with E-state index in [1.54, 1.807) is 0 Å². The molecule has 0 saturated carbocycles. The molecule has 0 aliphatic rings. The normalized spacial score (nSPS) is 13.6. The Hall–Kier alpha value is -1.95. The summed E-state index contributed by atoms with van der Waals surface area (Å²) >= 11 is 0. The molecule has 82 valence electrons. The first-order chi connectivity index (χ1) is 7.60. The molecule has 0 bridgehead atoms. The van der Waals surface area contributed by atoms with Crippen molar-refractivity contribution in [1.82, 2.24) is 0 Å². The second-order valence-electron chi connectivity index (χ2n) is 3.20. The van der Waals surface area contributed by atoms with Gasteiger partial charge in [-0.3, -0.25) is 0 Å². The van der Waals surface area contributed by atoms with Crippen molar-refractivity contribution < 1.29 is 14.6 Å². The van der Waals surface area contributed by atoms with Crippen LogP contribution in [0.25, 0.3) is 0 Å². The molecule has 1 aromatic carbocycles. The smallest absolute Gasteiger partial charge is 0.170 e. The molecule has 16 heavy (non-hydrogen) atoms. The minimum absolute atomic E-state index is 0.0230. The lowest BCUT2D eigenvalue weighted by Crippen LogP contribution is -2.17. The summed E-state index contributed by atoms with van der Waals surface area (Å²) in [6.45, 7) is 0. The molecule has 0 amide bonds. The number of hydrogen-bond donors (Lipinski definition) is 2. The van der Waals surface area contributed by atoms with E-state index in [2.05, 4.69) is 0 Å². The molecule has 0 heterocycles. The van der Waals surface area contributed by atoms with Gasteiger partial charge in [0.15, 0.2) is 6.10 Å². The minimum Gasteiger partial charge on any atom is -0.385 e. The van der Waals surface area contributed by atoms with E-state index >= 15 is 0 Å². The summed E-state index contributed by atoms with van der Waals surface area (Å²) in [5.74, 6) is -0.596. The molecule has 0 aromatic heterocycles. The number of hydrogen-bond acceptors (Lipinski definition) is 4. The molecule has 0 fully saturated rings. The Morgan fingerprint density at radius 2 is 2.00 bits per heavy atom. The summed E-state index contributed by atoms with van der Waals surface area (Å²) in [5, 5.41) is 35.7. The molecule has 4 nitrogen and oxygen atoms in total. The van der Waals surface area contributed by atoms with Crippen LogP contribution in [0.15, 0.2) is 18.2 Å². The quantitative estimate of drug-likeness (QED) is 0.738. The maximum Gasteiger partial charge on any atom is 0.170 e. The fourth-order valence-electron chi connectivity index (χ4n) is 1.33. The molecule has 2 N–H and O–H groups in total. The second kappa shape index (κ2) is 5.22. The van der Waals surface area contributed by atoms with E-state index in [-0.39, 0.29) is 12.0 Å². The van der Waals surface area contributed by atoms with E-state index in [0.717, 1.165) is 12.1 Å². The Labute approximate surface area is 91.8 Å². The van der Waals surface area contributed by atoms with Crippen LogP contribution in [0.4, 0.5) is 4.39 Å². The van der Waals surface area contributed by atoms with E-state index in [9.17, 15) is 9.50 Å². The van der Waals surface area contributed by atoms with Gasteiger partial charge in [0.1, 0.15) is 11.9 Å². The van der Waals surface area contributed by atoms with Crippen LogP contribution < -0.4 is 0 Å². The Balaban J connectivity index is 3.15. The maximum absolute atomic E-state index is 13.0. The Morgan fingerprint density at radius 1 is 1.31 bits per heavy atom. The SMILES string of the molecule is N#CCc1ccc(F)cc1C(O)C(O)C#N. The first kappa shape index (κ1) is 12.1. The zero-order valence-corrected chi connectivity index (χ0v) is 8.26. The monoisotopic (exact) mass is 220 g/mol. The summed E-state index contributed by atoms with van der Waals surface area (Å²) in [5.41, 5.74) is 0.460. The molecule has 0 spiro atoms. The Kier molecular flexibility index (Phi) is 3.96. The lowest BCUT2D eigenvalue weighted by molar-refractivity contribution is 0.0521. The molecule has 0 saturated heterocycles. The number of halogens is 1. The van der Waals surface area contributed by atoms with Gasteiger partial charge in [0.2, 0.25) is 0 Å². The number of nitriles is 2. The molecule has 1 rings (SSSR count). The van der Waals surface area contributed by atoms with Gasteiger partial charge in [-0.1, -0.05) is 6.07 Å². The highest BCUT2D eigenvalue weighted by Crippen LogP contribution is 2.22. The van der Waals surface area contributed by atoms with E-state index < -0.39 is 18.0 Å².